The molecule has 1 amide bonds. The van der Waals surface area contributed by atoms with Crippen LogP contribution in [0.5, 0.6) is 0 Å². The van der Waals surface area contributed by atoms with E-state index >= 15 is 0 Å². The van der Waals surface area contributed by atoms with Crippen molar-refractivity contribution in [2.75, 3.05) is 0 Å². The average molecular weight is 371 g/mol. The maximum absolute atomic E-state index is 13.2. The van der Waals surface area contributed by atoms with Crippen LogP contribution >= 0.6 is 0 Å². The van der Waals surface area contributed by atoms with Gasteiger partial charge in [0.05, 0.1) is 5.69 Å². The van der Waals surface area contributed by atoms with Crippen LogP contribution < -0.4 is 10.9 Å². The molecule has 2 aliphatic carbocycles. The van der Waals surface area contributed by atoms with Crippen molar-refractivity contribution < 1.29 is 18.0 Å². The molecule has 8 heteroatoms. The highest BCUT2D eigenvalue weighted by molar-refractivity contribution is 5.76. The molecule has 1 heterocycles. The molecule has 0 aromatic carbocycles. The number of halogens is 3. The van der Waals surface area contributed by atoms with E-state index < -0.39 is 29.8 Å². The number of aromatic nitrogens is 2. The van der Waals surface area contributed by atoms with Crippen molar-refractivity contribution in [3.05, 3.63) is 27.7 Å². The second kappa shape index (κ2) is 7.04. The molecule has 144 valence electrons. The van der Waals surface area contributed by atoms with Crippen molar-refractivity contribution >= 4 is 5.91 Å². The van der Waals surface area contributed by atoms with Gasteiger partial charge in [0.25, 0.3) is 5.56 Å². The fourth-order valence-electron chi connectivity index (χ4n) is 3.63. The van der Waals surface area contributed by atoms with Crippen molar-refractivity contribution in [1.29, 1.82) is 0 Å². The van der Waals surface area contributed by atoms with E-state index in [0.717, 1.165) is 38.2 Å². The number of carbonyl (C=O) groups excluding carboxylic acids is 1. The first-order chi connectivity index (χ1) is 12.2. The van der Waals surface area contributed by atoms with Crippen LogP contribution in [0.4, 0.5) is 13.2 Å². The van der Waals surface area contributed by atoms with E-state index in [4.69, 9.17) is 0 Å². The molecular weight excluding hydrogens is 347 g/mol. The van der Waals surface area contributed by atoms with Gasteiger partial charge in [0.2, 0.25) is 5.91 Å². The molecule has 2 aliphatic rings. The smallest absolute Gasteiger partial charge is 0.351 e. The zero-order valence-corrected chi connectivity index (χ0v) is 15.0. The van der Waals surface area contributed by atoms with Gasteiger partial charge in [-0.3, -0.25) is 9.59 Å². The Balaban J connectivity index is 1.79. The predicted octanol–water partition coefficient (Wildman–Crippen LogP) is 3.08. The summed E-state index contributed by atoms with van der Waals surface area (Å²) in [7, 11) is 0. The first kappa shape index (κ1) is 18.9. The average Bonchev–Trinajstić information content (AvgIpc) is 3.37. The fourth-order valence-corrected chi connectivity index (χ4v) is 3.63. The third kappa shape index (κ3) is 4.10. The Kier molecular flexibility index (Phi) is 5.12. The Morgan fingerprint density at radius 1 is 1.27 bits per heavy atom. The van der Waals surface area contributed by atoms with Crippen molar-refractivity contribution in [3.8, 4) is 0 Å². The van der Waals surface area contributed by atoms with Gasteiger partial charge in [-0.2, -0.15) is 18.3 Å². The second-order valence-electron chi connectivity index (χ2n) is 7.66. The molecule has 26 heavy (non-hydrogen) atoms. The minimum absolute atomic E-state index is 0.0179. The van der Waals surface area contributed by atoms with Crippen LogP contribution in [0.3, 0.4) is 0 Å². The summed E-state index contributed by atoms with van der Waals surface area (Å²) < 4.78 is 40.1. The van der Waals surface area contributed by atoms with Gasteiger partial charge in [-0.25, -0.2) is 4.68 Å². The van der Waals surface area contributed by atoms with Crippen LogP contribution in [0, 0.1) is 11.8 Å². The molecule has 2 fully saturated rings. The molecule has 1 N–H and O–H groups in total. The van der Waals surface area contributed by atoms with Gasteiger partial charge in [0.1, 0.15) is 12.1 Å². The Labute approximate surface area is 150 Å². The van der Waals surface area contributed by atoms with Gasteiger partial charge in [0, 0.05) is 12.0 Å². The molecule has 0 spiro atoms. The summed E-state index contributed by atoms with van der Waals surface area (Å²) in [6.45, 7) is 3.71. The summed E-state index contributed by atoms with van der Waals surface area (Å²) in [4.78, 5) is 24.5. The van der Waals surface area contributed by atoms with Crippen LogP contribution in [0.2, 0.25) is 0 Å². The topological polar surface area (TPSA) is 64.0 Å². The summed E-state index contributed by atoms with van der Waals surface area (Å²) in [5.41, 5.74) is -2.27. The highest BCUT2D eigenvalue weighted by atomic mass is 19.4. The lowest BCUT2D eigenvalue weighted by molar-refractivity contribution is -0.139. The largest absolute Gasteiger partial charge is 0.421 e. The summed E-state index contributed by atoms with van der Waals surface area (Å²) in [5, 5.41) is 6.90. The van der Waals surface area contributed by atoms with Gasteiger partial charge >= 0.3 is 6.18 Å². The van der Waals surface area contributed by atoms with Crippen LogP contribution in [-0.2, 0) is 17.5 Å². The SMILES string of the molecule is CC1CCCC(NC(=O)Cn2nc(C3CC3)cc(C(F)(F)F)c2=O)C1C. The number of amides is 1. The number of nitrogens with zero attached hydrogens (tertiary/aromatic N) is 2. The zero-order chi connectivity index (χ0) is 19.1. The van der Waals surface area contributed by atoms with E-state index in [1.165, 1.54) is 0 Å². The monoisotopic (exact) mass is 371 g/mol. The zero-order valence-electron chi connectivity index (χ0n) is 15.0. The van der Waals surface area contributed by atoms with Gasteiger partial charge in [0.15, 0.2) is 0 Å². The molecule has 0 saturated heterocycles. The summed E-state index contributed by atoms with van der Waals surface area (Å²) in [6, 6.07) is 0.815. The minimum atomic E-state index is -4.75. The van der Waals surface area contributed by atoms with Crippen molar-refractivity contribution in [3.63, 3.8) is 0 Å². The molecule has 2 saturated carbocycles. The molecule has 1 aromatic heterocycles. The molecule has 3 unspecified atom stereocenters. The van der Waals surface area contributed by atoms with E-state index in [1.54, 1.807) is 0 Å². The lowest BCUT2D eigenvalue weighted by Crippen LogP contribution is -2.46. The van der Waals surface area contributed by atoms with Crippen molar-refractivity contribution in [2.45, 2.75) is 70.6 Å². The first-order valence-corrected chi connectivity index (χ1v) is 9.15. The number of alkyl halides is 3. The van der Waals surface area contributed by atoms with E-state index in [9.17, 15) is 22.8 Å². The molecule has 5 nitrogen and oxygen atoms in total. The quantitative estimate of drug-likeness (QED) is 0.885. The third-order valence-corrected chi connectivity index (χ3v) is 5.64. The Morgan fingerprint density at radius 3 is 2.58 bits per heavy atom. The van der Waals surface area contributed by atoms with Crippen LogP contribution in [0.25, 0.3) is 0 Å². The van der Waals surface area contributed by atoms with Crippen molar-refractivity contribution in [1.82, 2.24) is 15.1 Å². The van der Waals surface area contributed by atoms with Gasteiger partial charge < -0.3 is 5.32 Å². The third-order valence-electron chi connectivity index (χ3n) is 5.64. The number of carbonyl (C=O) groups is 1. The molecular formula is C18H24F3N3O2. The standard InChI is InChI=1S/C18H24F3N3O2/c1-10-4-3-5-14(11(10)2)22-16(25)9-24-17(26)13(18(19,20)21)8-15(23-24)12-6-7-12/h8,10-12,14H,3-7,9H2,1-2H3,(H,22,25). The Morgan fingerprint density at radius 2 is 1.96 bits per heavy atom. The number of nitrogens with one attached hydrogen (secondary N) is 1. The molecule has 1 aromatic rings. The predicted molar refractivity (Wildman–Crippen MR) is 89.6 cm³/mol. The highest BCUT2D eigenvalue weighted by Gasteiger charge is 2.38. The summed E-state index contributed by atoms with van der Waals surface area (Å²) in [5.74, 6) is 0.252. The van der Waals surface area contributed by atoms with E-state index in [0.29, 0.717) is 16.5 Å². The highest BCUT2D eigenvalue weighted by Crippen LogP contribution is 2.40. The lowest BCUT2D eigenvalue weighted by atomic mass is 9.78. The molecule has 0 bridgehead atoms. The maximum atomic E-state index is 13.2. The number of rotatable bonds is 4. The molecule has 3 rings (SSSR count). The van der Waals surface area contributed by atoms with Crippen LogP contribution in [-0.4, -0.2) is 21.7 Å². The Bertz CT molecular complexity index is 740. The van der Waals surface area contributed by atoms with Crippen molar-refractivity contribution in [2.24, 2.45) is 11.8 Å². The molecule has 0 aliphatic heterocycles. The number of hydrogen-bond acceptors (Lipinski definition) is 3. The summed E-state index contributed by atoms with van der Waals surface area (Å²) in [6.07, 6.45) is -0.292. The number of hydrogen-bond donors (Lipinski definition) is 1. The van der Waals surface area contributed by atoms with Gasteiger partial charge in [-0.1, -0.05) is 26.7 Å². The van der Waals surface area contributed by atoms with Gasteiger partial charge in [-0.05, 0) is 37.2 Å². The fraction of sp³-hybridized carbons (Fsp3) is 0.722. The lowest BCUT2D eigenvalue weighted by Gasteiger charge is -2.34. The minimum Gasteiger partial charge on any atom is -0.351 e. The van der Waals surface area contributed by atoms with Crippen LogP contribution in [0.1, 0.15) is 63.1 Å². The van der Waals surface area contributed by atoms with Crippen LogP contribution in [0.15, 0.2) is 10.9 Å². The molecule has 3 atom stereocenters. The summed E-state index contributed by atoms with van der Waals surface area (Å²) >= 11 is 0. The molecule has 0 radical (unpaired) electrons. The Hall–Kier alpha value is -1.86. The normalized spacial score (nSPS) is 26.6. The van der Waals surface area contributed by atoms with E-state index in [-0.39, 0.29) is 17.7 Å². The van der Waals surface area contributed by atoms with Gasteiger partial charge in [-0.15, -0.1) is 0 Å². The second-order valence-corrected chi connectivity index (χ2v) is 7.66. The van der Waals surface area contributed by atoms with E-state index in [2.05, 4.69) is 24.3 Å². The first-order valence-electron chi connectivity index (χ1n) is 9.15. The van der Waals surface area contributed by atoms with E-state index in [1.807, 2.05) is 0 Å². The maximum Gasteiger partial charge on any atom is 0.421 e.